The van der Waals surface area contributed by atoms with E-state index in [2.05, 4.69) is 22.3 Å². The largest absolute Gasteiger partial charge is 0.412 e. The number of hydrogen-bond donors (Lipinski definition) is 0. The van der Waals surface area contributed by atoms with Crippen molar-refractivity contribution in [3.8, 4) is 0 Å². The Hall–Kier alpha value is -1.35. The first-order valence-electron chi connectivity index (χ1n) is 4.86. The highest BCUT2D eigenvalue weighted by molar-refractivity contribution is 6.27. The first-order valence-corrected chi connectivity index (χ1v) is 5.24. The SMILES string of the molecule is Clc1nnc(CCCc2ccccc2)o1. The van der Waals surface area contributed by atoms with E-state index in [0.29, 0.717) is 5.89 Å². The van der Waals surface area contributed by atoms with Crippen LogP contribution >= 0.6 is 11.6 Å². The number of nitrogens with zero attached hydrogens (tertiary/aromatic N) is 2. The van der Waals surface area contributed by atoms with Crippen molar-refractivity contribution < 1.29 is 4.42 Å². The van der Waals surface area contributed by atoms with E-state index < -0.39 is 0 Å². The molecular weight excluding hydrogens is 212 g/mol. The maximum absolute atomic E-state index is 5.52. The van der Waals surface area contributed by atoms with Crippen molar-refractivity contribution in [3.63, 3.8) is 0 Å². The third kappa shape index (κ3) is 3.06. The van der Waals surface area contributed by atoms with E-state index in [1.165, 1.54) is 5.56 Å². The minimum atomic E-state index is 0.115. The van der Waals surface area contributed by atoms with Crippen molar-refractivity contribution in [1.82, 2.24) is 10.2 Å². The summed E-state index contributed by atoms with van der Waals surface area (Å²) in [4.78, 5) is 0. The van der Waals surface area contributed by atoms with Gasteiger partial charge in [-0.15, -0.1) is 5.10 Å². The van der Waals surface area contributed by atoms with Gasteiger partial charge in [0.15, 0.2) is 0 Å². The van der Waals surface area contributed by atoms with Crippen LogP contribution in [-0.4, -0.2) is 10.2 Å². The molecule has 0 unspecified atom stereocenters. The molecule has 15 heavy (non-hydrogen) atoms. The van der Waals surface area contributed by atoms with Crippen LogP contribution in [0.5, 0.6) is 0 Å². The highest BCUT2D eigenvalue weighted by atomic mass is 35.5. The van der Waals surface area contributed by atoms with Crippen LogP contribution in [0.3, 0.4) is 0 Å². The van der Waals surface area contributed by atoms with Crippen LogP contribution < -0.4 is 0 Å². The first-order chi connectivity index (χ1) is 7.34. The summed E-state index contributed by atoms with van der Waals surface area (Å²) in [6.07, 6.45) is 2.78. The van der Waals surface area contributed by atoms with Crippen LogP contribution in [0.15, 0.2) is 34.7 Å². The van der Waals surface area contributed by atoms with Gasteiger partial charge in [0.25, 0.3) is 0 Å². The smallest absolute Gasteiger partial charge is 0.312 e. The molecular formula is C11H11ClN2O. The second kappa shape index (κ2) is 4.94. The quantitative estimate of drug-likeness (QED) is 0.799. The Morgan fingerprint density at radius 3 is 2.53 bits per heavy atom. The Kier molecular flexibility index (Phi) is 3.35. The second-order valence-electron chi connectivity index (χ2n) is 3.29. The first kappa shape index (κ1) is 10.2. The van der Waals surface area contributed by atoms with Gasteiger partial charge in [0.2, 0.25) is 5.89 Å². The van der Waals surface area contributed by atoms with Gasteiger partial charge in [-0.25, -0.2) is 0 Å². The highest BCUT2D eigenvalue weighted by Crippen LogP contribution is 2.09. The lowest BCUT2D eigenvalue weighted by molar-refractivity contribution is 0.487. The number of benzene rings is 1. The van der Waals surface area contributed by atoms with Crippen LogP contribution in [0.1, 0.15) is 17.9 Å². The van der Waals surface area contributed by atoms with Crippen LogP contribution in [0, 0.1) is 0 Å². The van der Waals surface area contributed by atoms with Gasteiger partial charge < -0.3 is 4.42 Å². The summed E-state index contributed by atoms with van der Waals surface area (Å²) in [6.45, 7) is 0. The minimum Gasteiger partial charge on any atom is -0.412 e. The third-order valence-corrected chi connectivity index (χ3v) is 2.29. The van der Waals surface area contributed by atoms with E-state index in [-0.39, 0.29) is 5.35 Å². The van der Waals surface area contributed by atoms with E-state index in [1.807, 2.05) is 18.2 Å². The minimum absolute atomic E-state index is 0.115. The molecule has 0 aliphatic heterocycles. The molecule has 0 fully saturated rings. The molecule has 0 radical (unpaired) electrons. The van der Waals surface area contributed by atoms with Crippen molar-refractivity contribution in [3.05, 3.63) is 47.1 Å². The zero-order chi connectivity index (χ0) is 10.5. The molecule has 0 bridgehead atoms. The summed E-state index contributed by atoms with van der Waals surface area (Å²) in [5, 5.41) is 7.50. The molecule has 2 aromatic rings. The van der Waals surface area contributed by atoms with Gasteiger partial charge in [-0.3, -0.25) is 0 Å². The molecule has 0 amide bonds. The van der Waals surface area contributed by atoms with Gasteiger partial charge in [0.05, 0.1) is 0 Å². The molecule has 3 nitrogen and oxygen atoms in total. The van der Waals surface area contributed by atoms with Crippen molar-refractivity contribution >= 4 is 11.6 Å². The Morgan fingerprint density at radius 1 is 1.07 bits per heavy atom. The normalized spacial score (nSPS) is 10.5. The average molecular weight is 223 g/mol. The fourth-order valence-electron chi connectivity index (χ4n) is 1.42. The molecule has 1 aromatic carbocycles. The van der Waals surface area contributed by atoms with Crippen LogP contribution in [0.25, 0.3) is 0 Å². The van der Waals surface area contributed by atoms with E-state index in [0.717, 1.165) is 19.3 Å². The summed E-state index contributed by atoms with van der Waals surface area (Å²) >= 11 is 5.52. The van der Waals surface area contributed by atoms with Gasteiger partial charge in [-0.05, 0) is 30.0 Å². The zero-order valence-electron chi connectivity index (χ0n) is 8.19. The van der Waals surface area contributed by atoms with Gasteiger partial charge in [0, 0.05) is 6.42 Å². The molecule has 0 atom stereocenters. The van der Waals surface area contributed by atoms with Crippen molar-refractivity contribution in [2.24, 2.45) is 0 Å². The van der Waals surface area contributed by atoms with Crippen molar-refractivity contribution in [1.29, 1.82) is 0 Å². The van der Waals surface area contributed by atoms with Crippen molar-refractivity contribution in [2.45, 2.75) is 19.3 Å². The molecule has 0 saturated heterocycles. The number of aromatic nitrogens is 2. The third-order valence-electron chi connectivity index (χ3n) is 2.14. The van der Waals surface area contributed by atoms with Crippen LogP contribution in [0.4, 0.5) is 0 Å². The summed E-state index contributed by atoms with van der Waals surface area (Å²) in [7, 11) is 0. The Morgan fingerprint density at radius 2 is 1.87 bits per heavy atom. The lowest BCUT2D eigenvalue weighted by atomic mass is 10.1. The predicted octanol–water partition coefficient (Wildman–Crippen LogP) is 2.90. The fraction of sp³-hybridized carbons (Fsp3) is 0.273. The zero-order valence-corrected chi connectivity index (χ0v) is 8.94. The number of rotatable bonds is 4. The number of aryl methyl sites for hydroxylation is 2. The van der Waals surface area contributed by atoms with Crippen LogP contribution in [-0.2, 0) is 12.8 Å². The summed E-state index contributed by atoms with van der Waals surface area (Å²) in [5.74, 6) is 0.607. The van der Waals surface area contributed by atoms with E-state index >= 15 is 0 Å². The molecule has 0 aliphatic carbocycles. The lowest BCUT2D eigenvalue weighted by Crippen LogP contribution is -1.90. The van der Waals surface area contributed by atoms with Gasteiger partial charge in [-0.1, -0.05) is 35.4 Å². The molecule has 4 heteroatoms. The standard InChI is InChI=1S/C11H11ClN2O/c12-11-14-13-10(15-11)8-4-7-9-5-2-1-3-6-9/h1-3,5-6H,4,7-8H2. The highest BCUT2D eigenvalue weighted by Gasteiger charge is 2.02. The molecule has 0 N–H and O–H groups in total. The lowest BCUT2D eigenvalue weighted by Gasteiger charge is -1.97. The van der Waals surface area contributed by atoms with Gasteiger partial charge >= 0.3 is 5.35 Å². The molecule has 1 heterocycles. The average Bonchev–Trinajstić information content (AvgIpc) is 2.66. The van der Waals surface area contributed by atoms with Gasteiger partial charge in [-0.2, -0.15) is 0 Å². The summed E-state index contributed by atoms with van der Waals surface area (Å²) < 4.78 is 5.06. The summed E-state index contributed by atoms with van der Waals surface area (Å²) in [6, 6.07) is 10.3. The van der Waals surface area contributed by atoms with Gasteiger partial charge in [0.1, 0.15) is 0 Å². The van der Waals surface area contributed by atoms with Crippen LogP contribution in [0.2, 0.25) is 5.35 Å². The number of halogens is 1. The molecule has 2 rings (SSSR count). The topological polar surface area (TPSA) is 38.9 Å². The molecule has 0 spiro atoms. The molecule has 0 saturated carbocycles. The summed E-state index contributed by atoms with van der Waals surface area (Å²) in [5.41, 5.74) is 1.32. The van der Waals surface area contributed by atoms with E-state index in [4.69, 9.17) is 16.0 Å². The van der Waals surface area contributed by atoms with E-state index in [1.54, 1.807) is 0 Å². The molecule has 0 aliphatic rings. The number of hydrogen-bond acceptors (Lipinski definition) is 3. The van der Waals surface area contributed by atoms with E-state index in [9.17, 15) is 0 Å². The van der Waals surface area contributed by atoms with Crippen molar-refractivity contribution in [2.75, 3.05) is 0 Å². The fourth-order valence-corrected chi connectivity index (χ4v) is 1.55. The molecule has 78 valence electrons. The Balaban J connectivity index is 1.80. The predicted molar refractivity (Wildman–Crippen MR) is 57.8 cm³/mol. The Labute approximate surface area is 93.1 Å². The molecule has 1 aromatic heterocycles. The second-order valence-corrected chi connectivity index (χ2v) is 3.61. The Bertz CT molecular complexity index is 414. The monoisotopic (exact) mass is 222 g/mol. The maximum atomic E-state index is 5.52. The maximum Gasteiger partial charge on any atom is 0.312 e.